The highest BCUT2D eigenvalue weighted by molar-refractivity contribution is 7.99. The Balaban J connectivity index is 1.82. The molecule has 1 unspecified atom stereocenters. The van der Waals surface area contributed by atoms with E-state index in [1.165, 1.54) is 24.9 Å². The maximum atomic E-state index is 12.3. The van der Waals surface area contributed by atoms with Crippen molar-refractivity contribution in [1.29, 1.82) is 0 Å². The number of ether oxygens (including phenoxy) is 1. The third-order valence-electron chi connectivity index (χ3n) is 4.57. The van der Waals surface area contributed by atoms with Crippen LogP contribution in [0, 0.1) is 16.0 Å². The third-order valence-corrected chi connectivity index (χ3v) is 5.56. The van der Waals surface area contributed by atoms with E-state index in [9.17, 15) is 14.9 Å². The van der Waals surface area contributed by atoms with Gasteiger partial charge in [-0.1, -0.05) is 6.07 Å². The molecule has 0 saturated carbocycles. The zero-order chi connectivity index (χ0) is 18.4. The lowest BCUT2D eigenvalue weighted by atomic mass is 9.91. The summed E-state index contributed by atoms with van der Waals surface area (Å²) in [5.74, 6) is 1.79. The first-order valence-electron chi connectivity index (χ1n) is 8.34. The van der Waals surface area contributed by atoms with Crippen LogP contribution in [-0.4, -0.2) is 47.7 Å². The molecule has 1 amide bonds. The molecule has 2 rings (SSSR count). The molecule has 8 heteroatoms. The lowest BCUT2D eigenvalue weighted by Gasteiger charge is -2.33. The van der Waals surface area contributed by atoms with Crippen molar-refractivity contribution in [2.45, 2.75) is 31.6 Å². The Labute approximate surface area is 152 Å². The molecule has 1 atom stereocenters. The Bertz CT molecular complexity index is 616. The zero-order valence-corrected chi connectivity index (χ0v) is 15.5. The molecule has 1 aliphatic heterocycles. The normalized spacial score (nSPS) is 16.5. The van der Waals surface area contributed by atoms with E-state index in [0.717, 1.165) is 31.5 Å². The van der Waals surface area contributed by atoms with Crippen molar-refractivity contribution >= 4 is 23.4 Å². The highest BCUT2D eigenvalue weighted by Crippen LogP contribution is 2.29. The number of nitro groups is 1. The van der Waals surface area contributed by atoms with E-state index < -0.39 is 4.92 Å². The van der Waals surface area contributed by atoms with Crippen molar-refractivity contribution in [3.63, 3.8) is 0 Å². The number of methoxy groups -OCH3 is 1. The summed E-state index contributed by atoms with van der Waals surface area (Å²) in [5, 5.41) is 11.0. The zero-order valence-electron chi connectivity index (χ0n) is 14.6. The van der Waals surface area contributed by atoms with Crippen molar-refractivity contribution in [1.82, 2.24) is 4.90 Å². The monoisotopic (exact) mass is 367 g/mol. The number of hydrogen-bond acceptors (Lipinski definition) is 6. The number of likely N-dealkylation sites (tertiary alicyclic amines) is 1. The van der Waals surface area contributed by atoms with Crippen molar-refractivity contribution in [3.8, 4) is 5.75 Å². The van der Waals surface area contributed by atoms with Crippen LogP contribution in [0.15, 0.2) is 18.2 Å². The van der Waals surface area contributed by atoms with E-state index in [2.05, 4.69) is 0 Å². The smallest absolute Gasteiger partial charge is 0.311 e. The van der Waals surface area contributed by atoms with Crippen LogP contribution in [-0.2, 0) is 10.5 Å². The third kappa shape index (κ3) is 5.34. The molecule has 1 heterocycles. The minimum atomic E-state index is -0.458. The second-order valence-electron chi connectivity index (χ2n) is 6.33. The maximum absolute atomic E-state index is 12.3. The molecule has 138 valence electrons. The summed E-state index contributed by atoms with van der Waals surface area (Å²) in [6.45, 7) is 3.55. The van der Waals surface area contributed by atoms with Gasteiger partial charge < -0.3 is 15.4 Å². The number of piperidine rings is 1. The van der Waals surface area contributed by atoms with Gasteiger partial charge >= 0.3 is 5.69 Å². The number of nitrogens with zero attached hydrogens (tertiary/aromatic N) is 2. The molecular weight excluding hydrogens is 342 g/mol. The minimum absolute atomic E-state index is 0.0510. The van der Waals surface area contributed by atoms with Gasteiger partial charge in [-0.05, 0) is 37.3 Å². The van der Waals surface area contributed by atoms with Gasteiger partial charge in [0.05, 0.1) is 17.8 Å². The molecule has 1 saturated heterocycles. The lowest BCUT2D eigenvalue weighted by molar-refractivity contribution is -0.385. The molecular formula is C17H25N3O4S. The van der Waals surface area contributed by atoms with E-state index in [0.29, 0.717) is 17.4 Å². The van der Waals surface area contributed by atoms with Gasteiger partial charge in [0.1, 0.15) is 0 Å². The van der Waals surface area contributed by atoms with Gasteiger partial charge in [-0.2, -0.15) is 0 Å². The molecule has 1 aliphatic rings. The van der Waals surface area contributed by atoms with Crippen molar-refractivity contribution in [2.75, 3.05) is 26.0 Å². The number of nitro benzene ring substituents is 1. The summed E-state index contributed by atoms with van der Waals surface area (Å²) in [6.07, 6.45) is 1.91. The van der Waals surface area contributed by atoms with Gasteiger partial charge in [-0.15, -0.1) is 11.8 Å². The van der Waals surface area contributed by atoms with Crippen LogP contribution in [0.1, 0.15) is 25.3 Å². The van der Waals surface area contributed by atoms with Crippen LogP contribution >= 0.6 is 11.8 Å². The van der Waals surface area contributed by atoms with Crippen LogP contribution in [0.25, 0.3) is 0 Å². The summed E-state index contributed by atoms with van der Waals surface area (Å²) in [5.41, 5.74) is 6.68. The molecule has 1 fully saturated rings. The lowest BCUT2D eigenvalue weighted by Crippen LogP contribution is -2.43. The number of rotatable bonds is 7. The molecule has 25 heavy (non-hydrogen) atoms. The highest BCUT2D eigenvalue weighted by Gasteiger charge is 2.24. The number of thioether (sulfide) groups is 1. The average molecular weight is 367 g/mol. The molecule has 1 aromatic carbocycles. The number of benzene rings is 1. The first-order valence-corrected chi connectivity index (χ1v) is 9.50. The first kappa shape index (κ1) is 19.5. The fraction of sp³-hybridized carbons (Fsp3) is 0.588. The summed E-state index contributed by atoms with van der Waals surface area (Å²) < 4.78 is 4.99. The Morgan fingerprint density at radius 1 is 1.48 bits per heavy atom. The predicted octanol–water partition coefficient (Wildman–Crippen LogP) is 2.42. The number of amides is 1. The summed E-state index contributed by atoms with van der Waals surface area (Å²) in [7, 11) is 1.41. The number of carbonyl (C=O) groups excluding carboxylic acids is 1. The Morgan fingerprint density at radius 3 is 2.72 bits per heavy atom. The SMILES string of the molecule is COc1ccc(CSCC(=O)N2CCC(C(C)N)CC2)cc1[N+](=O)[O-]. The van der Waals surface area contributed by atoms with E-state index in [-0.39, 0.29) is 23.4 Å². The Hall–Kier alpha value is -1.80. The van der Waals surface area contributed by atoms with Crippen LogP contribution in [0.4, 0.5) is 5.69 Å². The van der Waals surface area contributed by atoms with Gasteiger partial charge in [0.2, 0.25) is 5.91 Å². The first-order chi connectivity index (χ1) is 11.9. The fourth-order valence-electron chi connectivity index (χ4n) is 2.99. The van der Waals surface area contributed by atoms with Crippen molar-refractivity contribution in [3.05, 3.63) is 33.9 Å². The van der Waals surface area contributed by atoms with Crippen molar-refractivity contribution in [2.24, 2.45) is 11.7 Å². The topological polar surface area (TPSA) is 98.7 Å². The van der Waals surface area contributed by atoms with E-state index in [1.54, 1.807) is 12.1 Å². The Morgan fingerprint density at radius 2 is 2.16 bits per heavy atom. The molecule has 7 nitrogen and oxygen atoms in total. The molecule has 0 radical (unpaired) electrons. The molecule has 0 aromatic heterocycles. The summed E-state index contributed by atoms with van der Waals surface area (Å²) >= 11 is 1.47. The second-order valence-corrected chi connectivity index (χ2v) is 7.32. The second kappa shape index (κ2) is 9.05. The number of carbonyl (C=O) groups is 1. The summed E-state index contributed by atoms with van der Waals surface area (Å²) in [6, 6.07) is 5.06. The standard InChI is InChI=1S/C17H25N3O4S/c1-12(18)14-5-7-19(8-6-14)17(21)11-25-10-13-3-4-16(24-2)15(9-13)20(22)23/h3-4,9,12,14H,5-8,10-11,18H2,1-2H3. The number of hydrogen-bond donors (Lipinski definition) is 1. The van der Waals surface area contributed by atoms with Crippen LogP contribution < -0.4 is 10.5 Å². The maximum Gasteiger partial charge on any atom is 0.311 e. The van der Waals surface area contributed by atoms with E-state index >= 15 is 0 Å². The van der Waals surface area contributed by atoms with Gasteiger partial charge in [0.15, 0.2) is 5.75 Å². The highest BCUT2D eigenvalue weighted by atomic mass is 32.2. The van der Waals surface area contributed by atoms with Gasteiger partial charge in [0, 0.05) is 31.0 Å². The average Bonchev–Trinajstić information content (AvgIpc) is 2.61. The molecule has 2 N–H and O–H groups in total. The predicted molar refractivity (Wildman–Crippen MR) is 98.8 cm³/mol. The Kier molecular flexibility index (Phi) is 7.07. The fourth-order valence-corrected chi connectivity index (χ4v) is 3.86. The van der Waals surface area contributed by atoms with Crippen LogP contribution in [0.5, 0.6) is 5.75 Å². The van der Waals surface area contributed by atoms with Gasteiger partial charge in [-0.25, -0.2) is 0 Å². The quantitative estimate of drug-likeness (QED) is 0.587. The van der Waals surface area contributed by atoms with E-state index in [1.807, 2.05) is 11.8 Å². The summed E-state index contributed by atoms with van der Waals surface area (Å²) in [4.78, 5) is 24.8. The molecule has 0 bridgehead atoms. The van der Waals surface area contributed by atoms with Gasteiger partial charge in [0.25, 0.3) is 0 Å². The molecule has 0 spiro atoms. The molecule has 0 aliphatic carbocycles. The van der Waals surface area contributed by atoms with Crippen molar-refractivity contribution < 1.29 is 14.5 Å². The van der Waals surface area contributed by atoms with Gasteiger partial charge in [-0.3, -0.25) is 14.9 Å². The van der Waals surface area contributed by atoms with E-state index in [4.69, 9.17) is 10.5 Å². The molecule has 1 aromatic rings. The van der Waals surface area contributed by atoms with Crippen LogP contribution in [0.2, 0.25) is 0 Å². The largest absolute Gasteiger partial charge is 0.490 e. The number of nitrogens with two attached hydrogens (primary N) is 1. The van der Waals surface area contributed by atoms with Crippen LogP contribution in [0.3, 0.4) is 0 Å². The minimum Gasteiger partial charge on any atom is -0.490 e.